The molecule has 0 N–H and O–H groups in total. The van der Waals surface area contributed by atoms with E-state index in [4.69, 9.17) is 0 Å². The molecule has 14 aromatic rings. The first-order valence-corrected chi connectivity index (χ1v) is 24.3. The molecule has 3 aromatic heterocycles. The van der Waals surface area contributed by atoms with Crippen LogP contribution in [0.1, 0.15) is 22.3 Å². The van der Waals surface area contributed by atoms with Gasteiger partial charge in [-0.1, -0.05) is 164 Å². The molecule has 0 unspecified atom stereocenters. The van der Waals surface area contributed by atoms with Crippen molar-refractivity contribution in [2.45, 2.75) is 5.41 Å². The van der Waals surface area contributed by atoms with E-state index in [0.717, 1.165) is 0 Å². The maximum absolute atomic E-state index is 2.54. The number of nitrogens with zero attached hydrogens (tertiary/aromatic N) is 3. The highest BCUT2D eigenvalue weighted by Crippen LogP contribution is 2.62. The van der Waals surface area contributed by atoms with Crippen molar-refractivity contribution in [1.29, 1.82) is 0 Å². The lowest BCUT2D eigenvalue weighted by atomic mass is 9.65. The van der Waals surface area contributed by atoms with Crippen molar-refractivity contribution in [2.24, 2.45) is 0 Å². The predicted molar refractivity (Wildman–Crippen MR) is 291 cm³/mol. The van der Waals surface area contributed by atoms with Crippen molar-refractivity contribution in [2.75, 3.05) is 0 Å². The Labute approximate surface area is 404 Å². The van der Waals surface area contributed by atoms with E-state index in [2.05, 4.69) is 262 Å². The first kappa shape index (κ1) is 37.9. The van der Waals surface area contributed by atoms with Gasteiger partial charge in [-0.05, 0) is 141 Å². The Kier molecular flexibility index (Phi) is 7.54. The highest BCUT2D eigenvalue weighted by molar-refractivity contribution is 6.14. The van der Waals surface area contributed by atoms with Gasteiger partial charge in [-0.25, -0.2) is 0 Å². The molecular formula is C67H41N3. The second-order valence-electron chi connectivity index (χ2n) is 19.2. The quantitative estimate of drug-likeness (QED) is 0.167. The van der Waals surface area contributed by atoms with Crippen LogP contribution in [-0.4, -0.2) is 13.7 Å². The normalized spacial score (nSPS) is 13.3. The number of para-hydroxylation sites is 7. The zero-order valence-electron chi connectivity index (χ0n) is 38.0. The molecule has 0 saturated heterocycles. The predicted octanol–water partition coefficient (Wildman–Crippen LogP) is 17.0. The van der Waals surface area contributed by atoms with Gasteiger partial charge in [0.2, 0.25) is 0 Å². The van der Waals surface area contributed by atoms with Crippen molar-refractivity contribution in [3.05, 3.63) is 271 Å². The van der Waals surface area contributed by atoms with Crippen LogP contribution in [0.15, 0.2) is 249 Å². The van der Waals surface area contributed by atoms with Gasteiger partial charge in [0.1, 0.15) is 0 Å². The first-order chi connectivity index (χ1) is 34.7. The van der Waals surface area contributed by atoms with Gasteiger partial charge >= 0.3 is 0 Å². The summed E-state index contributed by atoms with van der Waals surface area (Å²) in [5.41, 5.74) is 23.0. The Morgan fingerprint density at radius 3 is 1.20 bits per heavy atom. The second-order valence-corrected chi connectivity index (χ2v) is 19.2. The number of rotatable bonds is 4. The summed E-state index contributed by atoms with van der Waals surface area (Å²) in [6.07, 6.45) is 0. The molecule has 2 aliphatic rings. The molecule has 0 fully saturated rings. The van der Waals surface area contributed by atoms with Crippen molar-refractivity contribution >= 4 is 65.4 Å². The number of benzene rings is 11. The van der Waals surface area contributed by atoms with Crippen LogP contribution in [0.2, 0.25) is 0 Å². The monoisotopic (exact) mass is 887 g/mol. The lowest BCUT2D eigenvalue weighted by Gasteiger charge is -2.40. The molecule has 1 spiro atoms. The van der Waals surface area contributed by atoms with Crippen LogP contribution >= 0.6 is 0 Å². The fourth-order valence-electron chi connectivity index (χ4n) is 13.0. The molecule has 3 nitrogen and oxygen atoms in total. The molecule has 324 valence electrons. The zero-order valence-corrected chi connectivity index (χ0v) is 38.0. The van der Waals surface area contributed by atoms with E-state index >= 15 is 0 Å². The van der Waals surface area contributed by atoms with Gasteiger partial charge in [-0.3, -0.25) is 0 Å². The first-order valence-electron chi connectivity index (χ1n) is 24.3. The van der Waals surface area contributed by atoms with E-state index in [0.29, 0.717) is 0 Å². The SMILES string of the molecule is c1ccc(-n2c3ccccc3c3cc(-c4ccc5c(c4)C4(c6cc(-c7ccc8c(c7)c7ccccc7n8-c7ccccc7)ccc6-5)c5ccccc5-n5c6ccccc6c6cccc4c65)ccc32)cc1. The van der Waals surface area contributed by atoms with Crippen LogP contribution in [0.4, 0.5) is 0 Å². The molecule has 11 aromatic carbocycles. The molecule has 0 saturated carbocycles. The Bertz CT molecular complexity index is 4320. The van der Waals surface area contributed by atoms with Crippen LogP contribution in [0, 0.1) is 0 Å². The summed E-state index contributed by atoms with van der Waals surface area (Å²) in [6.45, 7) is 0. The van der Waals surface area contributed by atoms with E-state index in [1.165, 1.54) is 138 Å². The number of aromatic nitrogens is 3. The van der Waals surface area contributed by atoms with Gasteiger partial charge in [0, 0.05) is 43.7 Å². The maximum atomic E-state index is 2.54. The minimum absolute atomic E-state index is 0.613. The molecular weight excluding hydrogens is 847 g/mol. The maximum Gasteiger partial charge on any atom is 0.0754 e. The van der Waals surface area contributed by atoms with Gasteiger partial charge in [-0.15, -0.1) is 0 Å². The van der Waals surface area contributed by atoms with Gasteiger partial charge < -0.3 is 13.7 Å². The molecule has 0 bridgehead atoms. The van der Waals surface area contributed by atoms with Crippen molar-refractivity contribution in [3.8, 4) is 50.4 Å². The Balaban J connectivity index is 0.960. The Morgan fingerprint density at radius 2 is 0.643 bits per heavy atom. The summed E-state index contributed by atoms with van der Waals surface area (Å²) in [5.74, 6) is 0. The van der Waals surface area contributed by atoms with E-state index in [1.807, 2.05) is 0 Å². The molecule has 1 aliphatic heterocycles. The average Bonchev–Trinajstić information content (AvgIpc) is 4.15. The third-order valence-electron chi connectivity index (χ3n) is 15.8. The van der Waals surface area contributed by atoms with Gasteiger partial charge in [0.05, 0.1) is 44.2 Å². The van der Waals surface area contributed by atoms with Gasteiger partial charge in [0.15, 0.2) is 0 Å². The topological polar surface area (TPSA) is 14.8 Å². The Morgan fingerprint density at radius 1 is 0.243 bits per heavy atom. The fourth-order valence-corrected chi connectivity index (χ4v) is 13.0. The minimum atomic E-state index is -0.613. The third kappa shape index (κ3) is 4.88. The minimum Gasteiger partial charge on any atom is -0.309 e. The number of hydrogen-bond donors (Lipinski definition) is 0. The molecule has 0 amide bonds. The van der Waals surface area contributed by atoms with Crippen molar-refractivity contribution in [3.63, 3.8) is 0 Å². The average molecular weight is 888 g/mol. The lowest BCUT2D eigenvalue weighted by Crippen LogP contribution is -2.33. The molecule has 3 heteroatoms. The van der Waals surface area contributed by atoms with Crippen molar-refractivity contribution < 1.29 is 0 Å². The Hall–Kier alpha value is -9.18. The van der Waals surface area contributed by atoms with E-state index in [-0.39, 0.29) is 0 Å². The molecule has 4 heterocycles. The lowest BCUT2D eigenvalue weighted by molar-refractivity contribution is 0.749. The van der Waals surface area contributed by atoms with Gasteiger partial charge in [-0.2, -0.15) is 0 Å². The van der Waals surface area contributed by atoms with Crippen LogP contribution in [0.5, 0.6) is 0 Å². The fraction of sp³-hybridized carbons (Fsp3) is 0.0149. The summed E-state index contributed by atoms with van der Waals surface area (Å²) in [5, 5.41) is 7.57. The molecule has 16 rings (SSSR count). The van der Waals surface area contributed by atoms with Crippen LogP contribution in [-0.2, 0) is 5.41 Å². The highest BCUT2D eigenvalue weighted by Gasteiger charge is 2.51. The summed E-state index contributed by atoms with van der Waals surface area (Å²) >= 11 is 0. The van der Waals surface area contributed by atoms with E-state index in [1.54, 1.807) is 0 Å². The summed E-state index contributed by atoms with van der Waals surface area (Å²) in [4.78, 5) is 0. The van der Waals surface area contributed by atoms with E-state index < -0.39 is 5.41 Å². The molecule has 1 aliphatic carbocycles. The van der Waals surface area contributed by atoms with Crippen molar-refractivity contribution in [1.82, 2.24) is 13.7 Å². The number of hydrogen-bond acceptors (Lipinski definition) is 0. The molecule has 0 radical (unpaired) electrons. The molecule has 0 atom stereocenters. The van der Waals surface area contributed by atoms with Crippen LogP contribution < -0.4 is 0 Å². The van der Waals surface area contributed by atoms with Crippen LogP contribution in [0.3, 0.4) is 0 Å². The zero-order chi connectivity index (χ0) is 45.7. The molecule has 70 heavy (non-hydrogen) atoms. The highest BCUT2D eigenvalue weighted by atomic mass is 15.0. The summed E-state index contributed by atoms with van der Waals surface area (Å²) in [6, 6.07) is 93.1. The standard InChI is InChI=1S/C67H41N3/c1-3-16-46(17-4-1)68-60-26-11-8-21-51(60)54-38-42(32-36-63(54)68)44-30-34-48-49-35-31-45(43-33-37-64-55(39-43)52-22-9-12-27-61(52)69(64)47-18-5-2-6-19-47)41-59(49)67(58(48)40-44)56-24-10-14-29-65(56)70-62-28-13-7-20-50(62)53-23-15-25-57(67)66(53)70/h1-41H. The third-order valence-corrected chi connectivity index (χ3v) is 15.8. The number of fused-ring (bicyclic) bond motifs is 18. The van der Waals surface area contributed by atoms with Crippen LogP contribution in [0.25, 0.3) is 116 Å². The second kappa shape index (κ2) is 13.9. The van der Waals surface area contributed by atoms with Gasteiger partial charge in [0.25, 0.3) is 0 Å². The smallest absolute Gasteiger partial charge is 0.0754 e. The summed E-state index contributed by atoms with van der Waals surface area (Å²) in [7, 11) is 0. The van der Waals surface area contributed by atoms with E-state index in [9.17, 15) is 0 Å². The summed E-state index contributed by atoms with van der Waals surface area (Å²) < 4.78 is 7.34. The largest absolute Gasteiger partial charge is 0.309 e.